The first-order valence-corrected chi connectivity index (χ1v) is 22.6. The molecular formula is C43H63F2N5O10S. The number of pyridine rings is 1. The molecule has 2 saturated carbocycles. The Morgan fingerprint density at radius 3 is 2.54 bits per heavy atom. The van der Waals surface area contributed by atoms with Gasteiger partial charge < -0.3 is 34.5 Å². The number of nitrogens with zero attached hydrogens (tertiary/aromatic N) is 2. The molecule has 0 unspecified atom stereocenters. The molecule has 2 aliphatic carbocycles. The Labute approximate surface area is 359 Å². The van der Waals surface area contributed by atoms with Gasteiger partial charge in [-0.3, -0.25) is 19.1 Å². The highest BCUT2D eigenvalue weighted by Crippen LogP contribution is 2.48. The molecule has 61 heavy (non-hydrogen) atoms. The molecule has 1 saturated heterocycles. The summed E-state index contributed by atoms with van der Waals surface area (Å²) in [7, 11) is -2.50. The molecule has 3 aliphatic heterocycles. The van der Waals surface area contributed by atoms with Gasteiger partial charge in [-0.05, 0) is 108 Å². The molecule has 2 aromatic rings. The van der Waals surface area contributed by atoms with E-state index in [1.807, 2.05) is 31.2 Å². The third-order valence-corrected chi connectivity index (χ3v) is 15.4. The van der Waals surface area contributed by atoms with Crippen LogP contribution < -0.4 is 29.6 Å². The summed E-state index contributed by atoms with van der Waals surface area (Å²) < 4.78 is 79.9. The number of allylic oxidation sites excluding steroid dienone is 1. The van der Waals surface area contributed by atoms with Gasteiger partial charge in [-0.2, -0.15) is 4.98 Å². The van der Waals surface area contributed by atoms with E-state index in [1.54, 1.807) is 27.0 Å². The molecule has 340 valence electrons. The number of sulfonamides is 1. The zero-order valence-corrected chi connectivity index (χ0v) is 36.6. The van der Waals surface area contributed by atoms with Crippen molar-refractivity contribution in [2.24, 2.45) is 17.8 Å². The van der Waals surface area contributed by atoms with E-state index in [9.17, 15) is 36.4 Å². The molecule has 0 spiro atoms. The second-order valence-corrected chi connectivity index (χ2v) is 20.6. The highest BCUT2D eigenvalue weighted by Gasteiger charge is 2.63. The smallest absolute Gasteiger partial charge is 0.408 e. The van der Waals surface area contributed by atoms with E-state index >= 15 is 0 Å². The minimum atomic E-state index is -4.07. The van der Waals surface area contributed by atoms with Gasteiger partial charge in [0, 0.05) is 34.5 Å². The summed E-state index contributed by atoms with van der Waals surface area (Å²) in [5.74, 6) is -5.58. The fourth-order valence-corrected chi connectivity index (χ4v) is 9.83. The zero-order chi connectivity index (χ0) is 44.3. The van der Waals surface area contributed by atoms with Gasteiger partial charge in [0.25, 0.3) is 11.8 Å². The maximum absolute atomic E-state index is 15.0. The first-order chi connectivity index (χ1) is 28.6. The molecular weight excluding hydrogens is 817 g/mol. The number of alkyl halides is 2. The summed E-state index contributed by atoms with van der Waals surface area (Å²) in [6.07, 6.45) is 5.64. The van der Waals surface area contributed by atoms with Crippen LogP contribution in [0, 0.1) is 17.8 Å². The molecule has 4 amide bonds. The van der Waals surface area contributed by atoms with E-state index < -0.39 is 85.7 Å². The third-order valence-electron chi connectivity index (χ3n) is 13.3. The van der Waals surface area contributed by atoms with Crippen molar-refractivity contribution < 1.29 is 59.6 Å². The monoisotopic (exact) mass is 879 g/mol. The Kier molecular flexibility index (Phi) is 11.8. The normalized spacial score (nSPS) is 29.6. The van der Waals surface area contributed by atoms with Crippen LogP contribution in [0.5, 0.6) is 17.5 Å². The number of ether oxygens (including phenoxy) is 4. The average Bonchev–Trinajstić information content (AvgIpc) is 4.07. The number of aryl methyl sites for hydroxylation is 1. The molecule has 5 aliphatic rings. The topological polar surface area (TPSA) is 192 Å². The number of fused-ring (bicyclic) bond motifs is 5. The van der Waals surface area contributed by atoms with Crippen LogP contribution in [0.15, 0.2) is 30.4 Å². The molecule has 0 radical (unpaired) electrons. The number of alkyl carbamates (subject to hydrolysis) is 1. The van der Waals surface area contributed by atoms with E-state index in [2.05, 4.69) is 15.4 Å². The summed E-state index contributed by atoms with van der Waals surface area (Å²) in [4.78, 5) is 63.0. The van der Waals surface area contributed by atoms with Crippen LogP contribution >= 0.6 is 0 Å². The Morgan fingerprint density at radius 2 is 1.85 bits per heavy atom. The number of benzene rings is 1. The Morgan fingerprint density at radius 1 is 1.11 bits per heavy atom. The number of nitrogens with one attached hydrogen (secondary N) is 3. The number of amides is 4. The predicted molar refractivity (Wildman–Crippen MR) is 226 cm³/mol. The lowest BCUT2D eigenvalue weighted by Crippen LogP contribution is -2.59. The van der Waals surface area contributed by atoms with Crippen molar-refractivity contribution in [1.82, 2.24) is 25.2 Å². The van der Waals surface area contributed by atoms with Crippen LogP contribution in [0.2, 0.25) is 0 Å². The van der Waals surface area contributed by atoms with E-state index in [1.165, 1.54) is 4.90 Å². The lowest BCUT2D eigenvalue weighted by atomic mass is 9.88. The summed E-state index contributed by atoms with van der Waals surface area (Å²) in [6.45, 7) is 8.36. The van der Waals surface area contributed by atoms with Gasteiger partial charge in [0.05, 0.1) is 25.0 Å². The van der Waals surface area contributed by atoms with Crippen molar-refractivity contribution in [3.05, 3.63) is 35.9 Å². The lowest BCUT2D eigenvalue weighted by molar-refractivity contribution is -0.152. The first-order valence-electron chi connectivity index (χ1n) is 21.1. The van der Waals surface area contributed by atoms with Crippen molar-refractivity contribution in [3.8, 4) is 17.5 Å². The van der Waals surface area contributed by atoms with Gasteiger partial charge in [-0.15, -0.1) is 0 Å². The number of carbonyl (C=O) groups is 4. The Bertz CT molecular complexity index is 2240. The average molecular weight is 880 g/mol. The number of hydrogen-bond donors (Lipinski definition) is 3. The molecule has 1 aromatic carbocycles. The molecule has 3 N–H and O–H groups in total. The summed E-state index contributed by atoms with van der Waals surface area (Å²) in [6, 6.07) is 2.84. The van der Waals surface area contributed by atoms with Crippen LogP contribution in [0.3, 0.4) is 0 Å². The van der Waals surface area contributed by atoms with Crippen molar-refractivity contribution in [2.45, 2.75) is 139 Å². The fourth-order valence-electron chi connectivity index (χ4n) is 8.52. The number of halogens is 2. The standard InChI is InChI=1S/C43H57F2N5O10S.3H2/c1-24-11-8-9-12-26-22-43(26,38(53)49-61(55,56)41(5)16-17-41)48-34(51)32-21-28(59-36-30-15-14-27(57-7)20-31(30)29-13-10-18-58-35(29)47-36)23-50(32)37(52)33(25(2)19-24)46-39(54)60-40(3,4)42(6,44)45;;;/h9,12,14-15,20,24-26,28,32-33H,8,10-11,13,16-19,21-23H2,1-7H3,(H,46,54)(H,48,51)(H,49,53);3*1H/b12-9-;;;/t24-,25+,26+,28+,32-,33-,43+;;;/m0.../s1. The van der Waals surface area contributed by atoms with Gasteiger partial charge in [0.1, 0.15) is 29.5 Å². The molecule has 15 nitrogen and oxygen atoms in total. The van der Waals surface area contributed by atoms with E-state index in [0.29, 0.717) is 69.1 Å². The van der Waals surface area contributed by atoms with Crippen LogP contribution in [-0.2, 0) is 35.6 Å². The Hall–Kier alpha value is -4.74. The summed E-state index contributed by atoms with van der Waals surface area (Å²) in [5, 5.41) is 6.88. The quantitative estimate of drug-likeness (QED) is 0.248. The molecule has 1 aromatic heterocycles. The van der Waals surface area contributed by atoms with Crippen LogP contribution in [-0.4, -0.2) is 102 Å². The highest BCUT2D eigenvalue weighted by atomic mass is 32.2. The van der Waals surface area contributed by atoms with Crippen molar-refractivity contribution in [3.63, 3.8) is 0 Å². The predicted octanol–water partition coefficient (Wildman–Crippen LogP) is 6.07. The third kappa shape index (κ3) is 8.83. The molecule has 7 rings (SSSR count). The second kappa shape index (κ2) is 16.2. The first kappa shape index (κ1) is 44.3. The largest absolute Gasteiger partial charge is 0.497 e. The number of carbonyl (C=O) groups excluding carboxylic acids is 4. The maximum atomic E-state index is 15.0. The SMILES string of the molecule is COc1ccc2c(O[C@@H]3C[C@H]4C(=O)N[C@]5(C(=O)NS(=O)(=O)C6(C)CC6)C[C@H]5/C=C\CC[C@H](C)C[C@@H](C)[C@H](NC(=O)OC(C)(C)C(C)(F)F)C(=O)N4C3)nc3c(c2c1)CCCO3.[HH].[HH].[HH]. The number of aromatic nitrogens is 1. The minimum absolute atomic E-state index is 0. The minimum Gasteiger partial charge on any atom is -0.497 e. The van der Waals surface area contributed by atoms with Crippen molar-refractivity contribution in [2.75, 3.05) is 20.3 Å². The number of hydrogen-bond acceptors (Lipinski definition) is 11. The molecule has 18 heteroatoms. The van der Waals surface area contributed by atoms with E-state index in [0.717, 1.165) is 31.2 Å². The molecule has 3 fully saturated rings. The van der Waals surface area contributed by atoms with Gasteiger partial charge in [-0.25, -0.2) is 22.0 Å². The van der Waals surface area contributed by atoms with Crippen molar-refractivity contribution >= 4 is 44.6 Å². The second-order valence-electron chi connectivity index (χ2n) is 18.4. The molecule has 0 bridgehead atoms. The van der Waals surface area contributed by atoms with Gasteiger partial charge in [0.15, 0.2) is 5.60 Å². The molecule has 7 atom stereocenters. The molecule has 4 heterocycles. The van der Waals surface area contributed by atoms with E-state index in [4.69, 9.17) is 23.9 Å². The van der Waals surface area contributed by atoms with Gasteiger partial charge >= 0.3 is 6.09 Å². The number of rotatable bonds is 9. The lowest BCUT2D eigenvalue weighted by Gasteiger charge is -2.35. The van der Waals surface area contributed by atoms with Gasteiger partial charge in [0.2, 0.25) is 33.6 Å². The maximum Gasteiger partial charge on any atom is 0.408 e. The van der Waals surface area contributed by atoms with E-state index in [-0.39, 0.29) is 35.5 Å². The van der Waals surface area contributed by atoms with Crippen LogP contribution in [0.25, 0.3) is 10.8 Å². The highest BCUT2D eigenvalue weighted by molar-refractivity contribution is 7.91. The summed E-state index contributed by atoms with van der Waals surface area (Å²) in [5.41, 5.74) is -2.96. The van der Waals surface area contributed by atoms with Crippen LogP contribution in [0.4, 0.5) is 13.6 Å². The van der Waals surface area contributed by atoms with Crippen LogP contribution in [0.1, 0.15) is 103 Å². The fraction of sp³-hybridized carbons (Fsp3) is 0.651. The van der Waals surface area contributed by atoms with Gasteiger partial charge in [-0.1, -0.05) is 26.0 Å². The Balaban J connectivity index is 0.00000299. The van der Waals surface area contributed by atoms with Crippen molar-refractivity contribution in [1.29, 1.82) is 0 Å². The number of methoxy groups -OCH3 is 1. The summed E-state index contributed by atoms with van der Waals surface area (Å²) >= 11 is 0. The zero-order valence-electron chi connectivity index (χ0n) is 35.8.